The van der Waals surface area contributed by atoms with E-state index in [4.69, 9.17) is 4.42 Å². The summed E-state index contributed by atoms with van der Waals surface area (Å²) in [5.41, 5.74) is 6.43. The Balaban J connectivity index is 0.000000297. The van der Waals surface area contributed by atoms with E-state index in [1.807, 2.05) is 46.0 Å². The number of aliphatic hydroxyl groups is 1. The van der Waals surface area contributed by atoms with Crippen LogP contribution in [0.2, 0.25) is 0 Å². The Hall–Kier alpha value is -3.53. The number of hydrogen-bond donors (Lipinski definition) is 1. The van der Waals surface area contributed by atoms with Crippen LogP contribution in [0.3, 0.4) is 0 Å². The second-order valence-corrected chi connectivity index (χ2v) is 12.5. The van der Waals surface area contributed by atoms with Gasteiger partial charge in [0.05, 0.1) is 12.0 Å². The van der Waals surface area contributed by atoms with Crippen molar-refractivity contribution in [3.63, 3.8) is 0 Å². The fourth-order valence-corrected chi connectivity index (χ4v) is 5.66. The number of aromatic nitrogens is 1. The largest absolute Gasteiger partial charge is 0.512 e. The van der Waals surface area contributed by atoms with Crippen LogP contribution in [0, 0.1) is 17.9 Å². The molecule has 0 atom stereocenters. The molecule has 239 valence electrons. The molecule has 2 heterocycles. The number of rotatable bonds is 9. The van der Waals surface area contributed by atoms with E-state index in [9.17, 15) is 9.90 Å². The van der Waals surface area contributed by atoms with Gasteiger partial charge in [0.25, 0.3) is 0 Å². The van der Waals surface area contributed by atoms with Gasteiger partial charge < -0.3 is 9.52 Å². The van der Waals surface area contributed by atoms with E-state index in [1.54, 1.807) is 6.26 Å². The number of hydrogen-bond acceptors (Lipinski definition) is 4. The van der Waals surface area contributed by atoms with Gasteiger partial charge in [0, 0.05) is 55.3 Å². The van der Waals surface area contributed by atoms with Crippen LogP contribution in [0.1, 0.15) is 79.7 Å². The first-order valence-electron chi connectivity index (χ1n) is 15.9. The number of fused-ring (bicyclic) bond motifs is 2. The van der Waals surface area contributed by atoms with Crippen molar-refractivity contribution in [3.8, 4) is 22.4 Å². The SMILES string of the molecule is CC(C)(C)c1cc(-c2cc(-c3ccc4ccoc4c3)ccn2)[c-]c2ccccc12.CCC(CC)C(=O)/C=C(\O)C(CC)CC.[Ir]. The van der Waals surface area contributed by atoms with Gasteiger partial charge in [0.15, 0.2) is 5.78 Å². The second kappa shape index (κ2) is 16.2. The Kier molecular flexibility index (Phi) is 12.9. The molecule has 0 fully saturated rings. The summed E-state index contributed by atoms with van der Waals surface area (Å²) in [4.78, 5) is 16.4. The van der Waals surface area contributed by atoms with Crippen molar-refractivity contribution < 1.29 is 34.4 Å². The van der Waals surface area contributed by atoms with E-state index in [0.717, 1.165) is 64.4 Å². The zero-order chi connectivity index (χ0) is 31.9. The zero-order valence-corrected chi connectivity index (χ0v) is 30.0. The molecule has 0 aliphatic heterocycles. The minimum Gasteiger partial charge on any atom is -0.512 e. The summed E-state index contributed by atoms with van der Waals surface area (Å²) in [5.74, 6) is 0.547. The van der Waals surface area contributed by atoms with Gasteiger partial charge in [-0.3, -0.25) is 9.78 Å². The number of furan rings is 1. The summed E-state index contributed by atoms with van der Waals surface area (Å²) >= 11 is 0. The fourth-order valence-electron chi connectivity index (χ4n) is 5.66. The number of carbonyl (C=O) groups is 1. The molecule has 0 saturated carbocycles. The van der Waals surface area contributed by atoms with Crippen LogP contribution in [0.15, 0.2) is 95.4 Å². The van der Waals surface area contributed by atoms with Gasteiger partial charge in [-0.2, -0.15) is 0 Å². The first-order chi connectivity index (χ1) is 21.1. The van der Waals surface area contributed by atoms with E-state index < -0.39 is 0 Å². The molecule has 0 amide bonds. The molecule has 1 N–H and O–H groups in total. The van der Waals surface area contributed by atoms with Crippen LogP contribution < -0.4 is 0 Å². The number of pyridine rings is 1. The van der Waals surface area contributed by atoms with E-state index in [0.29, 0.717) is 0 Å². The molecule has 0 aliphatic carbocycles. The number of ketones is 1. The van der Waals surface area contributed by atoms with Gasteiger partial charge in [0.1, 0.15) is 5.58 Å². The number of carbonyl (C=O) groups excluding carboxylic acids is 1. The maximum Gasteiger partial charge on any atom is 0.162 e. The number of benzene rings is 3. The Bertz CT molecular complexity index is 1740. The van der Waals surface area contributed by atoms with Crippen molar-refractivity contribution in [3.05, 3.63) is 103 Å². The third-order valence-electron chi connectivity index (χ3n) is 8.49. The molecule has 0 bridgehead atoms. The van der Waals surface area contributed by atoms with Gasteiger partial charge >= 0.3 is 0 Å². The third-order valence-corrected chi connectivity index (χ3v) is 8.49. The van der Waals surface area contributed by atoms with Crippen molar-refractivity contribution in [2.75, 3.05) is 0 Å². The van der Waals surface area contributed by atoms with Gasteiger partial charge in [0.2, 0.25) is 0 Å². The van der Waals surface area contributed by atoms with Crippen LogP contribution >= 0.6 is 0 Å². The van der Waals surface area contributed by atoms with Crippen LogP contribution in [0.5, 0.6) is 0 Å². The first kappa shape index (κ1) is 35.9. The van der Waals surface area contributed by atoms with Crippen molar-refractivity contribution in [2.45, 2.75) is 79.6 Å². The van der Waals surface area contributed by atoms with Crippen LogP contribution in [0.25, 0.3) is 44.1 Å². The van der Waals surface area contributed by atoms with Gasteiger partial charge in [-0.05, 0) is 60.4 Å². The summed E-state index contributed by atoms with van der Waals surface area (Å²) in [6, 6.07) is 26.7. The molecular formula is C40H46IrNO3-. The van der Waals surface area contributed by atoms with Crippen LogP contribution in [-0.4, -0.2) is 15.9 Å². The van der Waals surface area contributed by atoms with Gasteiger partial charge in [-0.1, -0.05) is 95.8 Å². The summed E-state index contributed by atoms with van der Waals surface area (Å²) < 4.78 is 5.57. The molecule has 45 heavy (non-hydrogen) atoms. The number of aliphatic hydroxyl groups excluding tert-OH is 1. The summed E-state index contributed by atoms with van der Waals surface area (Å²) in [6.07, 6.45) is 8.50. The Morgan fingerprint density at radius 1 is 0.889 bits per heavy atom. The Morgan fingerprint density at radius 2 is 1.56 bits per heavy atom. The molecule has 0 aliphatic rings. The van der Waals surface area contributed by atoms with Gasteiger partial charge in [-0.15, -0.1) is 29.1 Å². The predicted octanol–water partition coefficient (Wildman–Crippen LogP) is 11.3. The molecule has 3 aromatic carbocycles. The Labute approximate surface area is 282 Å². The van der Waals surface area contributed by atoms with E-state index in [2.05, 4.69) is 86.4 Å². The minimum absolute atomic E-state index is 0. The summed E-state index contributed by atoms with van der Waals surface area (Å²) in [5, 5.41) is 13.2. The molecule has 5 aromatic rings. The molecular weight excluding hydrogens is 735 g/mol. The second-order valence-electron chi connectivity index (χ2n) is 12.5. The quantitative estimate of drug-likeness (QED) is 0.0919. The maximum absolute atomic E-state index is 11.7. The fraction of sp³-hybridized carbons (Fsp3) is 0.350. The van der Waals surface area contributed by atoms with Crippen molar-refractivity contribution >= 4 is 27.5 Å². The molecule has 1 radical (unpaired) electrons. The third kappa shape index (κ3) is 8.81. The van der Waals surface area contributed by atoms with Crippen LogP contribution in [0.4, 0.5) is 0 Å². The standard InChI is InChI=1S/C27H22NO.C13H24O2.Ir/c1-27(2,3)24-15-22(14-21-6-4-5-7-23(21)24)25-16-20(10-12-28-25)19-9-8-18-11-13-29-26(18)17-19;1-5-10(6-2)12(14)9-13(15)11(7-3)8-4;/h4-13,15-17H,1-3H3;9-11,14H,5-8H2,1-4H3;/q-1;;/b;12-9-;. The summed E-state index contributed by atoms with van der Waals surface area (Å²) in [6.45, 7) is 14.8. The van der Waals surface area contributed by atoms with Crippen molar-refractivity contribution in [1.29, 1.82) is 0 Å². The molecule has 5 heteroatoms. The molecule has 2 aromatic heterocycles. The van der Waals surface area contributed by atoms with Crippen LogP contribution in [-0.2, 0) is 30.3 Å². The average Bonchev–Trinajstić information content (AvgIpc) is 3.50. The summed E-state index contributed by atoms with van der Waals surface area (Å²) in [7, 11) is 0. The van der Waals surface area contributed by atoms with Crippen molar-refractivity contribution in [1.82, 2.24) is 4.98 Å². The number of allylic oxidation sites excluding steroid dienone is 2. The van der Waals surface area contributed by atoms with E-state index in [1.165, 1.54) is 17.0 Å². The maximum atomic E-state index is 11.7. The molecule has 0 unspecified atom stereocenters. The minimum atomic E-state index is 0. The normalized spacial score (nSPS) is 11.9. The predicted molar refractivity (Wildman–Crippen MR) is 184 cm³/mol. The Morgan fingerprint density at radius 3 is 2.22 bits per heavy atom. The molecule has 5 rings (SSSR count). The first-order valence-corrected chi connectivity index (χ1v) is 15.9. The average molecular weight is 781 g/mol. The monoisotopic (exact) mass is 781 g/mol. The molecule has 4 nitrogen and oxygen atoms in total. The molecule has 0 spiro atoms. The van der Waals surface area contributed by atoms with Crippen molar-refractivity contribution in [2.24, 2.45) is 11.8 Å². The van der Waals surface area contributed by atoms with E-state index in [-0.39, 0.29) is 48.9 Å². The number of nitrogens with zero attached hydrogens (tertiary/aromatic N) is 1. The van der Waals surface area contributed by atoms with Gasteiger partial charge in [-0.25, -0.2) is 0 Å². The van der Waals surface area contributed by atoms with E-state index >= 15 is 0 Å². The zero-order valence-electron chi connectivity index (χ0n) is 27.6. The topological polar surface area (TPSA) is 63.3 Å². The smallest absolute Gasteiger partial charge is 0.162 e. The molecule has 0 saturated heterocycles.